The van der Waals surface area contributed by atoms with Gasteiger partial charge in [-0.25, -0.2) is 0 Å². The fourth-order valence-corrected chi connectivity index (χ4v) is 6.00. The fraction of sp³-hybridized carbons (Fsp3) is 0.769. The summed E-state index contributed by atoms with van der Waals surface area (Å²) in [5.41, 5.74) is 0. The molecule has 0 bridgehead atoms. The first-order valence-electron chi connectivity index (χ1n) is 13.9. The monoisotopic (exact) mass is 499 g/mol. The van der Waals surface area contributed by atoms with Crippen molar-refractivity contribution in [1.82, 2.24) is 25.3 Å². The Bertz CT molecular complexity index is 861. The van der Waals surface area contributed by atoms with Gasteiger partial charge in [-0.2, -0.15) is 0 Å². The van der Waals surface area contributed by atoms with Crippen molar-refractivity contribution in [2.45, 2.75) is 51.0 Å². The average molecular weight is 500 g/mol. The molecule has 5 heterocycles. The van der Waals surface area contributed by atoms with Crippen molar-refractivity contribution >= 4 is 23.5 Å². The van der Waals surface area contributed by atoms with Crippen molar-refractivity contribution in [3.63, 3.8) is 0 Å². The van der Waals surface area contributed by atoms with Crippen molar-refractivity contribution in [1.29, 1.82) is 0 Å². The SMILES string of the molecule is O=C(NCCCN1CCCC1=O)C1CCN(c2ccc(N3CCC(N4CCOCC4)CC3)nn2)CC1. The summed E-state index contributed by atoms with van der Waals surface area (Å²) >= 11 is 0. The molecule has 0 radical (unpaired) electrons. The van der Waals surface area contributed by atoms with Crippen molar-refractivity contribution in [2.24, 2.45) is 5.92 Å². The number of carbonyl (C=O) groups is 2. The number of amides is 2. The van der Waals surface area contributed by atoms with Gasteiger partial charge in [-0.15, -0.1) is 10.2 Å². The maximum Gasteiger partial charge on any atom is 0.223 e. The van der Waals surface area contributed by atoms with Crippen LogP contribution >= 0.6 is 0 Å². The number of hydrogen-bond donors (Lipinski definition) is 1. The van der Waals surface area contributed by atoms with E-state index in [4.69, 9.17) is 4.74 Å². The van der Waals surface area contributed by atoms with Gasteiger partial charge < -0.3 is 24.8 Å². The fourth-order valence-electron chi connectivity index (χ4n) is 6.00. The maximum atomic E-state index is 12.6. The lowest BCUT2D eigenvalue weighted by Crippen LogP contribution is -2.49. The highest BCUT2D eigenvalue weighted by Crippen LogP contribution is 2.25. The van der Waals surface area contributed by atoms with Crippen LogP contribution < -0.4 is 15.1 Å². The predicted octanol–water partition coefficient (Wildman–Crippen LogP) is 1.12. The Morgan fingerprint density at radius 3 is 2.14 bits per heavy atom. The van der Waals surface area contributed by atoms with Crippen molar-refractivity contribution in [3.05, 3.63) is 12.1 Å². The summed E-state index contributed by atoms with van der Waals surface area (Å²) in [5.74, 6) is 2.30. The number of morpholine rings is 1. The molecule has 4 saturated heterocycles. The van der Waals surface area contributed by atoms with Crippen LogP contribution in [-0.2, 0) is 14.3 Å². The van der Waals surface area contributed by atoms with E-state index in [-0.39, 0.29) is 17.7 Å². The second-order valence-corrected chi connectivity index (χ2v) is 10.5. The Morgan fingerprint density at radius 1 is 0.917 bits per heavy atom. The minimum absolute atomic E-state index is 0.0506. The highest BCUT2D eigenvalue weighted by atomic mass is 16.5. The molecule has 0 aromatic carbocycles. The van der Waals surface area contributed by atoms with Crippen LogP contribution in [0.1, 0.15) is 44.9 Å². The molecule has 36 heavy (non-hydrogen) atoms. The third kappa shape index (κ3) is 6.26. The molecule has 2 amide bonds. The Labute approximate surface area is 214 Å². The van der Waals surface area contributed by atoms with Gasteiger partial charge in [-0.1, -0.05) is 0 Å². The summed E-state index contributed by atoms with van der Waals surface area (Å²) in [6, 6.07) is 4.84. The molecular formula is C26H41N7O3. The number of aromatic nitrogens is 2. The number of nitrogens with one attached hydrogen (secondary N) is 1. The van der Waals surface area contributed by atoms with E-state index in [1.165, 1.54) is 0 Å². The summed E-state index contributed by atoms with van der Waals surface area (Å²) in [6.07, 6.45) is 6.44. The first-order valence-corrected chi connectivity index (χ1v) is 13.9. The molecular weight excluding hydrogens is 458 g/mol. The molecule has 10 heteroatoms. The first-order chi connectivity index (χ1) is 17.7. The minimum atomic E-state index is 0.0506. The largest absolute Gasteiger partial charge is 0.379 e. The highest BCUT2D eigenvalue weighted by Gasteiger charge is 2.28. The molecule has 0 atom stereocenters. The highest BCUT2D eigenvalue weighted by molar-refractivity contribution is 5.79. The number of anilines is 2. The normalized spacial score (nSPS) is 22.9. The van der Waals surface area contributed by atoms with E-state index in [9.17, 15) is 9.59 Å². The predicted molar refractivity (Wildman–Crippen MR) is 138 cm³/mol. The van der Waals surface area contributed by atoms with Crippen LogP contribution in [0.15, 0.2) is 12.1 Å². The average Bonchev–Trinajstić information content (AvgIpc) is 3.36. The zero-order valence-electron chi connectivity index (χ0n) is 21.4. The van der Waals surface area contributed by atoms with E-state index in [0.717, 1.165) is 116 Å². The van der Waals surface area contributed by atoms with Gasteiger partial charge in [-0.3, -0.25) is 14.5 Å². The van der Waals surface area contributed by atoms with Crippen molar-refractivity contribution < 1.29 is 14.3 Å². The van der Waals surface area contributed by atoms with E-state index >= 15 is 0 Å². The summed E-state index contributed by atoms with van der Waals surface area (Å²) in [6.45, 7) is 9.75. The summed E-state index contributed by atoms with van der Waals surface area (Å²) in [4.78, 5) is 33.4. The lowest BCUT2D eigenvalue weighted by atomic mass is 9.96. The van der Waals surface area contributed by atoms with Gasteiger partial charge in [0.2, 0.25) is 11.8 Å². The molecule has 4 aliphatic rings. The van der Waals surface area contributed by atoms with Gasteiger partial charge in [0.1, 0.15) is 0 Å². The molecule has 198 valence electrons. The Balaban J connectivity index is 1.01. The van der Waals surface area contributed by atoms with E-state index in [2.05, 4.69) is 42.3 Å². The van der Waals surface area contributed by atoms with Crippen LogP contribution in [0.3, 0.4) is 0 Å². The molecule has 0 spiro atoms. The van der Waals surface area contributed by atoms with Crippen LogP contribution in [0.25, 0.3) is 0 Å². The Morgan fingerprint density at radius 2 is 1.56 bits per heavy atom. The standard InChI is InChI=1S/C26H41N7O3/c34-25-3-1-11-33(25)12-2-10-27-26(35)21-6-13-31(14-7-21)23-4-5-24(29-28-23)32-15-8-22(9-16-32)30-17-19-36-20-18-30/h4-5,21-22H,1-3,6-20H2,(H,27,35). The second kappa shape index (κ2) is 12.2. The lowest BCUT2D eigenvalue weighted by Gasteiger charge is -2.40. The first kappa shape index (κ1) is 25.2. The number of hydrogen-bond acceptors (Lipinski definition) is 8. The number of rotatable bonds is 8. The van der Waals surface area contributed by atoms with Crippen LogP contribution in [0.2, 0.25) is 0 Å². The third-order valence-electron chi connectivity index (χ3n) is 8.25. The molecule has 4 fully saturated rings. The van der Waals surface area contributed by atoms with Gasteiger partial charge in [0.05, 0.1) is 13.2 Å². The second-order valence-electron chi connectivity index (χ2n) is 10.5. The quantitative estimate of drug-likeness (QED) is 0.532. The molecule has 0 saturated carbocycles. The van der Waals surface area contributed by atoms with Crippen LogP contribution in [0.4, 0.5) is 11.6 Å². The Kier molecular flexibility index (Phi) is 8.53. The molecule has 4 aliphatic heterocycles. The topological polar surface area (TPSA) is 94.1 Å². The number of piperidine rings is 2. The van der Waals surface area contributed by atoms with Gasteiger partial charge in [-0.05, 0) is 50.7 Å². The number of nitrogens with zero attached hydrogens (tertiary/aromatic N) is 6. The zero-order chi connectivity index (χ0) is 24.7. The van der Waals surface area contributed by atoms with E-state index < -0.39 is 0 Å². The van der Waals surface area contributed by atoms with E-state index in [1.807, 2.05) is 4.90 Å². The van der Waals surface area contributed by atoms with Crippen LogP contribution in [0, 0.1) is 5.92 Å². The molecule has 0 aliphatic carbocycles. The van der Waals surface area contributed by atoms with Gasteiger partial charge >= 0.3 is 0 Å². The van der Waals surface area contributed by atoms with Crippen molar-refractivity contribution in [2.75, 3.05) is 81.9 Å². The van der Waals surface area contributed by atoms with Crippen LogP contribution in [0.5, 0.6) is 0 Å². The molecule has 0 unspecified atom stereocenters. The zero-order valence-corrected chi connectivity index (χ0v) is 21.4. The molecule has 5 rings (SSSR count). The molecule has 1 N–H and O–H groups in total. The number of ether oxygens (including phenoxy) is 1. The number of likely N-dealkylation sites (tertiary alicyclic amines) is 1. The summed E-state index contributed by atoms with van der Waals surface area (Å²) in [7, 11) is 0. The summed E-state index contributed by atoms with van der Waals surface area (Å²) in [5, 5.41) is 12.2. The van der Waals surface area contributed by atoms with Gasteiger partial charge in [0, 0.05) is 77.3 Å². The Hall–Kier alpha value is -2.46. The smallest absolute Gasteiger partial charge is 0.223 e. The third-order valence-corrected chi connectivity index (χ3v) is 8.25. The summed E-state index contributed by atoms with van der Waals surface area (Å²) < 4.78 is 5.49. The van der Waals surface area contributed by atoms with Gasteiger partial charge in [0.25, 0.3) is 0 Å². The van der Waals surface area contributed by atoms with E-state index in [0.29, 0.717) is 19.0 Å². The van der Waals surface area contributed by atoms with Crippen molar-refractivity contribution in [3.8, 4) is 0 Å². The molecule has 10 nitrogen and oxygen atoms in total. The maximum absolute atomic E-state index is 12.6. The van der Waals surface area contributed by atoms with Crippen LogP contribution in [-0.4, -0.2) is 110 Å². The molecule has 1 aromatic rings. The minimum Gasteiger partial charge on any atom is -0.379 e. The lowest BCUT2D eigenvalue weighted by molar-refractivity contribution is -0.127. The van der Waals surface area contributed by atoms with E-state index in [1.54, 1.807) is 0 Å². The molecule has 1 aromatic heterocycles. The van der Waals surface area contributed by atoms with Gasteiger partial charge in [0.15, 0.2) is 11.6 Å². The number of carbonyl (C=O) groups excluding carboxylic acids is 2.